The molecule has 19 heavy (non-hydrogen) atoms. The van der Waals surface area contributed by atoms with Gasteiger partial charge in [0.1, 0.15) is 0 Å². The zero-order valence-electron chi connectivity index (χ0n) is 10.2. The van der Waals surface area contributed by atoms with E-state index in [-0.39, 0.29) is 10.9 Å². The molecule has 2 N–H and O–H groups in total. The third-order valence-corrected chi connectivity index (χ3v) is 4.57. The van der Waals surface area contributed by atoms with Gasteiger partial charge in [-0.05, 0) is 36.6 Å². The van der Waals surface area contributed by atoms with E-state index in [4.69, 9.17) is 5.11 Å². The van der Waals surface area contributed by atoms with Crippen molar-refractivity contribution in [1.29, 1.82) is 0 Å². The first kappa shape index (κ1) is 13.8. The minimum atomic E-state index is -3.46. The van der Waals surface area contributed by atoms with Crippen molar-refractivity contribution >= 4 is 22.1 Å². The second-order valence-electron chi connectivity index (χ2n) is 4.49. The Hall–Kier alpha value is -1.66. The number of benzene rings is 1. The van der Waals surface area contributed by atoms with Gasteiger partial charge in [-0.15, -0.1) is 0 Å². The molecule has 0 aliphatic heterocycles. The van der Waals surface area contributed by atoms with Crippen molar-refractivity contribution in [2.75, 3.05) is 0 Å². The smallest absolute Gasteiger partial charge is 0.328 e. The third-order valence-electron chi connectivity index (χ3n) is 3.04. The van der Waals surface area contributed by atoms with E-state index in [2.05, 4.69) is 4.72 Å². The Morgan fingerprint density at radius 3 is 2.37 bits per heavy atom. The van der Waals surface area contributed by atoms with E-state index in [0.29, 0.717) is 5.56 Å². The molecule has 0 amide bonds. The summed E-state index contributed by atoms with van der Waals surface area (Å²) in [4.78, 5) is 10.6. The van der Waals surface area contributed by atoms with Crippen molar-refractivity contribution in [3.05, 3.63) is 35.9 Å². The number of sulfonamides is 1. The SMILES string of the molecule is O=C(O)C=Cc1ccc(S(=O)(=O)NC2CCC2)cc1. The maximum atomic E-state index is 12.0. The summed E-state index contributed by atoms with van der Waals surface area (Å²) in [5, 5.41) is 8.50. The quantitative estimate of drug-likeness (QED) is 0.803. The molecule has 1 fully saturated rings. The summed E-state index contributed by atoms with van der Waals surface area (Å²) < 4.78 is 26.6. The summed E-state index contributed by atoms with van der Waals surface area (Å²) in [5.74, 6) is -1.04. The van der Waals surface area contributed by atoms with Crippen molar-refractivity contribution in [1.82, 2.24) is 4.72 Å². The predicted octanol–water partition coefficient (Wildman–Crippen LogP) is 1.62. The Morgan fingerprint density at radius 1 is 1.26 bits per heavy atom. The molecule has 1 saturated carbocycles. The zero-order chi connectivity index (χ0) is 13.9. The van der Waals surface area contributed by atoms with Crippen LogP contribution in [0, 0.1) is 0 Å². The molecule has 0 bridgehead atoms. The highest BCUT2D eigenvalue weighted by Gasteiger charge is 2.24. The van der Waals surface area contributed by atoms with Gasteiger partial charge in [-0.25, -0.2) is 17.9 Å². The van der Waals surface area contributed by atoms with Crippen LogP contribution in [0.3, 0.4) is 0 Å². The van der Waals surface area contributed by atoms with Gasteiger partial charge in [0.15, 0.2) is 0 Å². The number of rotatable bonds is 5. The van der Waals surface area contributed by atoms with Crippen LogP contribution >= 0.6 is 0 Å². The van der Waals surface area contributed by atoms with E-state index in [1.54, 1.807) is 12.1 Å². The lowest BCUT2D eigenvalue weighted by Gasteiger charge is -2.26. The first-order valence-electron chi connectivity index (χ1n) is 6.01. The number of hydrogen-bond donors (Lipinski definition) is 2. The molecule has 1 aliphatic rings. The largest absolute Gasteiger partial charge is 0.478 e. The Bertz CT molecular complexity index is 586. The van der Waals surface area contributed by atoms with E-state index in [1.165, 1.54) is 18.2 Å². The van der Waals surface area contributed by atoms with Gasteiger partial charge in [-0.3, -0.25) is 0 Å². The van der Waals surface area contributed by atoms with E-state index in [1.807, 2.05) is 0 Å². The normalized spacial score (nSPS) is 16.4. The Kier molecular flexibility index (Phi) is 4.01. The fraction of sp³-hybridized carbons (Fsp3) is 0.308. The molecule has 5 nitrogen and oxygen atoms in total. The maximum absolute atomic E-state index is 12.0. The summed E-state index contributed by atoms with van der Waals surface area (Å²) >= 11 is 0. The fourth-order valence-electron chi connectivity index (χ4n) is 1.74. The highest BCUT2D eigenvalue weighted by Crippen LogP contribution is 2.21. The Morgan fingerprint density at radius 2 is 1.89 bits per heavy atom. The lowest BCUT2D eigenvalue weighted by Crippen LogP contribution is -2.39. The molecule has 2 rings (SSSR count). The van der Waals surface area contributed by atoms with Gasteiger partial charge in [-0.2, -0.15) is 0 Å². The van der Waals surface area contributed by atoms with E-state index >= 15 is 0 Å². The molecule has 102 valence electrons. The van der Waals surface area contributed by atoms with Crippen LogP contribution in [0.5, 0.6) is 0 Å². The van der Waals surface area contributed by atoms with Crippen LogP contribution in [-0.2, 0) is 14.8 Å². The molecule has 6 heteroatoms. The summed E-state index contributed by atoms with van der Waals surface area (Å²) in [6.07, 6.45) is 5.26. The molecule has 0 atom stereocenters. The summed E-state index contributed by atoms with van der Waals surface area (Å²) in [6.45, 7) is 0. The van der Waals surface area contributed by atoms with Crippen molar-refractivity contribution in [3.63, 3.8) is 0 Å². The fourth-order valence-corrected chi connectivity index (χ4v) is 3.04. The standard InChI is InChI=1S/C13H15NO4S/c15-13(16)9-6-10-4-7-12(8-5-10)19(17,18)14-11-2-1-3-11/h4-9,11,14H,1-3H2,(H,15,16). The monoisotopic (exact) mass is 281 g/mol. The lowest BCUT2D eigenvalue weighted by molar-refractivity contribution is -0.131. The molecule has 1 aliphatic carbocycles. The first-order valence-corrected chi connectivity index (χ1v) is 7.49. The van der Waals surface area contributed by atoms with Crippen LogP contribution in [0.15, 0.2) is 35.2 Å². The van der Waals surface area contributed by atoms with Gasteiger partial charge in [0.2, 0.25) is 10.0 Å². The van der Waals surface area contributed by atoms with Crippen LogP contribution in [0.4, 0.5) is 0 Å². The van der Waals surface area contributed by atoms with Gasteiger partial charge in [-0.1, -0.05) is 18.6 Å². The van der Waals surface area contributed by atoms with Crippen molar-refractivity contribution in [3.8, 4) is 0 Å². The number of aliphatic carboxylic acids is 1. The number of carboxylic acid groups (broad SMARTS) is 1. The van der Waals surface area contributed by atoms with E-state index in [9.17, 15) is 13.2 Å². The molecule has 0 heterocycles. The Balaban J connectivity index is 2.10. The first-order chi connectivity index (χ1) is 8.97. The molecular weight excluding hydrogens is 266 g/mol. The van der Waals surface area contributed by atoms with Crippen LogP contribution in [-0.4, -0.2) is 25.5 Å². The molecule has 0 aromatic heterocycles. The van der Waals surface area contributed by atoms with Crippen LogP contribution in [0.2, 0.25) is 0 Å². The van der Waals surface area contributed by atoms with E-state index < -0.39 is 16.0 Å². The van der Waals surface area contributed by atoms with E-state index in [0.717, 1.165) is 25.3 Å². The van der Waals surface area contributed by atoms with Crippen LogP contribution in [0.25, 0.3) is 6.08 Å². The molecule has 0 radical (unpaired) electrons. The van der Waals surface area contributed by atoms with Gasteiger partial charge in [0, 0.05) is 12.1 Å². The zero-order valence-corrected chi connectivity index (χ0v) is 11.1. The van der Waals surface area contributed by atoms with Crippen LogP contribution in [0.1, 0.15) is 24.8 Å². The topological polar surface area (TPSA) is 83.5 Å². The van der Waals surface area contributed by atoms with Crippen LogP contribution < -0.4 is 4.72 Å². The second-order valence-corrected chi connectivity index (χ2v) is 6.20. The van der Waals surface area contributed by atoms with Crippen molar-refractivity contribution in [2.45, 2.75) is 30.2 Å². The highest BCUT2D eigenvalue weighted by molar-refractivity contribution is 7.89. The minimum absolute atomic E-state index is 0.0524. The Labute approximate surface area is 112 Å². The third kappa shape index (κ3) is 3.65. The molecule has 1 aromatic rings. The average molecular weight is 281 g/mol. The molecule has 0 saturated heterocycles. The van der Waals surface area contributed by atoms with Gasteiger partial charge in [0.05, 0.1) is 4.90 Å². The number of carbonyl (C=O) groups is 1. The highest BCUT2D eigenvalue weighted by atomic mass is 32.2. The summed E-state index contributed by atoms with van der Waals surface area (Å²) in [7, 11) is -3.46. The molecular formula is C13H15NO4S. The molecule has 0 unspecified atom stereocenters. The lowest BCUT2D eigenvalue weighted by atomic mass is 9.94. The number of carboxylic acids is 1. The number of nitrogens with one attached hydrogen (secondary N) is 1. The average Bonchev–Trinajstić information content (AvgIpc) is 2.32. The van der Waals surface area contributed by atoms with Crippen molar-refractivity contribution in [2.24, 2.45) is 0 Å². The second kappa shape index (κ2) is 5.54. The summed E-state index contributed by atoms with van der Waals surface area (Å²) in [5.41, 5.74) is 0.644. The van der Waals surface area contributed by atoms with Gasteiger partial charge >= 0.3 is 5.97 Å². The predicted molar refractivity (Wildman–Crippen MR) is 71.1 cm³/mol. The summed E-state index contributed by atoms with van der Waals surface area (Å²) in [6, 6.07) is 6.16. The minimum Gasteiger partial charge on any atom is -0.478 e. The van der Waals surface area contributed by atoms with Gasteiger partial charge in [0.25, 0.3) is 0 Å². The molecule has 0 spiro atoms. The van der Waals surface area contributed by atoms with Gasteiger partial charge < -0.3 is 5.11 Å². The number of hydrogen-bond acceptors (Lipinski definition) is 3. The van der Waals surface area contributed by atoms with Crippen molar-refractivity contribution < 1.29 is 18.3 Å². The molecule has 1 aromatic carbocycles. The maximum Gasteiger partial charge on any atom is 0.328 e.